The van der Waals surface area contributed by atoms with E-state index in [0.29, 0.717) is 41.3 Å². The molecule has 7 nitrogen and oxygen atoms in total. The minimum absolute atomic E-state index is 0.0792. The van der Waals surface area contributed by atoms with Gasteiger partial charge in [-0.2, -0.15) is 13.2 Å². The Morgan fingerprint density at radius 3 is 2.51 bits per heavy atom. The number of benzene rings is 1. The van der Waals surface area contributed by atoms with E-state index in [1.54, 1.807) is 17.9 Å². The van der Waals surface area contributed by atoms with Crippen LogP contribution in [0, 0.1) is 19.3 Å². The first-order valence-electron chi connectivity index (χ1n) is 13.9. The van der Waals surface area contributed by atoms with Gasteiger partial charge in [0.25, 0.3) is 0 Å². The molecule has 0 radical (unpaired) electrons. The van der Waals surface area contributed by atoms with E-state index in [-0.39, 0.29) is 17.1 Å². The molecule has 218 valence electrons. The number of halogens is 3. The van der Waals surface area contributed by atoms with Gasteiger partial charge in [-0.05, 0) is 95.2 Å². The molecule has 1 unspecified atom stereocenters. The molecule has 41 heavy (non-hydrogen) atoms. The highest BCUT2D eigenvalue weighted by atomic mass is 19.4. The van der Waals surface area contributed by atoms with E-state index >= 15 is 0 Å². The first kappa shape index (κ1) is 28.8. The number of anilines is 1. The molecule has 1 aliphatic carbocycles. The normalized spacial score (nSPS) is 17.7. The number of hydrogen-bond acceptors (Lipinski definition) is 6. The van der Waals surface area contributed by atoms with Gasteiger partial charge in [-0.3, -0.25) is 0 Å². The van der Waals surface area contributed by atoms with E-state index in [4.69, 9.17) is 4.74 Å². The molecule has 1 N–H and O–H groups in total. The van der Waals surface area contributed by atoms with Gasteiger partial charge in [0.05, 0.1) is 17.0 Å². The van der Waals surface area contributed by atoms with Crippen LogP contribution in [0.15, 0.2) is 36.5 Å². The van der Waals surface area contributed by atoms with Crippen molar-refractivity contribution in [1.29, 1.82) is 0 Å². The van der Waals surface area contributed by atoms with Crippen molar-refractivity contribution in [2.75, 3.05) is 18.4 Å². The molecule has 5 rings (SSSR count). The lowest BCUT2D eigenvalue weighted by atomic mass is 9.69. The van der Waals surface area contributed by atoms with Gasteiger partial charge in [-0.1, -0.05) is 18.2 Å². The van der Waals surface area contributed by atoms with E-state index in [0.717, 1.165) is 30.9 Å². The van der Waals surface area contributed by atoms with Crippen LogP contribution in [0.5, 0.6) is 0 Å². The van der Waals surface area contributed by atoms with Crippen LogP contribution in [0.1, 0.15) is 81.1 Å². The van der Waals surface area contributed by atoms with Crippen molar-refractivity contribution in [3.63, 3.8) is 0 Å². The zero-order chi connectivity index (χ0) is 29.7. The van der Waals surface area contributed by atoms with Crippen LogP contribution in [-0.4, -0.2) is 44.6 Å². The van der Waals surface area contributed by atoms with Gasteiger partial charge in [0.1, 0.15) is 17.2 Å². The van der Waals surface area contributed by atoms with Crippen molar-refractivity contribution >= 4 is 28.5 Å². The lowest BCUT2D eigenvalue weighted by Crippen LogP contribution is -2.59. The number of rotatable bonds is 4. The van der Waals surface area contributed by atoms with Crippen LogP contribution in [0.25, 0.3) is 16.6 Å². The Kier molecular flexibility index (Phi) is 7.24. The minimum atomic E-state index is -4.42. The molecule has 3 heterocycles. The molecule has 1 aromatic carbocycles. The van der Waals surface area contributed by atoms with Crippen molar-refractivity contribution in [2.24, 2.45) is 5.41 Å². The summed E-state index contributed by atoms with van der Waals surface area (Å²) in [4.78, 5) is 27.9. The number of alkyl halides is 3. The Hall–Kier alpha value is -3.69. The summed E-state index contributed by atoms with van der Waals surface area (Å²) in [6.45, 7) is 12.1. The molecule has 10 heteroatoms. The third-order valence-corrected chi connectivity index (χ3v) is 7.95. The second-order valence-electron chi connectivity index (χ2n) is 12.4. The first-order chi connectivity index (χ1) is 19.1. The van der Waals surface area contributed by atoms with Crippen molar-refractivity contribution < 1.29 is 22.7 Å². The molecule has 1 fully saturated rings. The molecule has 1 spiro atoms. The summed E-state index contributed by atoms with van der Waals surface area (Å²) in [7, 11) is 0. The van der Waals surface area contributed by atoms with E-state index in [2.05, 4.69) is 26.3 Å². The molecule has 1 atom stereocenters. The predicted octanol–water partition coefficient (Wildman–Crippen LogP) is 7.64. The summed E-state index contributed by atoms with van der Waals surface area (Å²) in [5.74, 6) is 1.05. The third-order valence-electron chi connectivity index (χ3n) is 7.95. The first-order valence-corrected chi connectivity index (χ1v) is 13.9. The van der Waals surface area contributed by atoms with Gasteiger partial charge in [0, 0.05) is 24.7 Å². The van der Waals surface area contributed by atoms with E-state index in [1.807, 2.05) is 40.0 Å². The Labute approximate surface area is 238 Å². The molecular formula is C31H36F3N5O2. The standard InChI is InChI=1S/C31H36F3N5O2/c1-18-23(8-7-9-25(18)31(32,33)34)19(2)36-27-24-14-22(15-35-26(24)37-20(3)38-27)21-10-12-30(13-11-21)16-39(17-30)28(40)41-29(4,5)6/h7-10,14-15,19H,11-13,16-17H2,1-6H3,(H,35,36,37,38). The maximum atomic E-state index is 13.5. The minimum Gasteiger partial charge on any atom is -0.444 e. The number of aryl methyl sites for hydroxylation is 1. The van der Waals surface area contributed by atoms with Crippen LogP contribution in [0.3, 0.4) is 0 Å². The predicted molar refractivity (Wildman–Crippen MR) is 152 cm³/mol. The van der Waals surface area contributed by atoms with Gasteiger partial charge in [0.15, 0.2) is 5.65 Å². The maximum absolute atomic E-state index is 13.5. The average molecular weight is 568 g/mol. The monoisotopic (exact) mass is 567 g/mol. The average Bonchev–Trinajstić information content (AvgIpc) is 2.85. The van der Waals surface area contributed by atoms with Gasteiger partial charge >= 0.3 is 12.3 Å². The van der Waals surface area contributed by atoms with Crippen molar-refractivity contribution in [1.82, 2.24) is 19.9 Å². The van der Waals surface area contributed by atoms with Crippen LogP contribution < -0.4 is 5.32 Å². The molecule has 1 aliphatic heterocycles. The van der Waals surface area contributed by atoms with Gasteiger partial charge in [-0.15, -0.1) is 0 Å². The summed E-state index contributed by atoms with van der Waals surface area (Å²) in [5, 5.41) is 4.04. The number of amides is 1. The van der Waals surface area contributed by atoms with E-state index < -0.39 is 23.4 Å². The Balaban J connectivity index is 1.36. The summed E-state index contributed by atoms with van der Waals surface area (Å²) in [6, 6.07) is 5.82. The zero-order valence-electron chi connectivity index (χ0n) is 24.3. The number of nitrogens with zero attached hydrogens (tertiary/aromatic N) is 4. The van der Waals surface area contributed by atoms with E-state index in [9.17, 15) is 18.0 Å². The quantitative estimate of drug-likeness (QED) is 0.349. The second-order valence-corrected chi connectivity index (χ2v) is 12.4. The molecule has 0 saturated carbocycles. The molecule has 3 aromatic rings. The fourth-order valence-corrected chi connectivity index (χ4v) is 5.83. The van der Waals surface area contributed by atoms with Crippen molar-refractivity contribution in [2.45, 2.75) is 78.6 Å². The van der Waals surface area contributed by atoms with Gasteiger partial charge in [0.2, 0.25) is 0 Å². The summed E-state index contributed by atoms with van der Waals surface area (Å²) < 4.78 is 46.0. The Morgan fingerprint density at radius 1 is 1.15 bits per heavy atom. The second kappa shape index (κ2) is 10.3. The highest BCUT2D eigenvalue weighted by molar-refractivity contribution is 5.89. The smallest absolute Gasteiger partial charge is 0.416 e. The van der Waals surface area contributed by atoms with Crippen molar-refractivity contribution in [3.05, 3.63) is 64.6 Å². The number of hydrogen-bond donors (Lipinski definition) is 1. The van der Waals surface area contributed by atoms with Gasteiger partial charge in [-0.25, -0.2) is 19.7 Å². The number of allylic oxidation sites excluding steroid dienone is 2. The number of ether oxygens (including phenoxy) is 1. The summed E-state index contributed by atoms with van der Waals surface area (Å²) in [6.07, 6.45) is 2.04. The molecule has 1 amide bonds. The number of aromatic nitrogens is 3. The highest BCUT2D eigenvalue weighted by Crippen LogP contribution is 2.46. The van der Waals surface area contributed by atoms with Crippen LogP contribution in [-0.2, 0) is 10.9 Å². The van der Waals surface area contributed by atoms with E-state index in [1.165, 1.54) is 18.6 Å². The zero-order valence-corrected chi connectivity index (χ0v) is 24.3. The lowest BCUT2D eigenvalue weighted by molar-refractivity contribution is -0.138. The van der Waals surface area contributed by atoms with Crippen LogP contribution >= 0.6 is 0 Å². The SMILES string of the molecule is Cc1nc(NC(C)c2cccc(C(F)(F)F)c2C)c2cc(C3=CCC4(CC3)CN(C(=O)OC(C)(C)C)C4)cnc2n1. The Bertz CT molecular complexity index is 1520. The summed E-state index contributed by atoms with van der Waals surface area (Å²) in [5.41, 5.74) is 2.34. The topological polar surface area (TPSA) is 80.2 Å². The number of fused-ring (bicyclic) bond motifs is 1. The fraction of sp³-hybridized carbons (Fsp3) is 0.484. The number of carbonyl (C=O) groups excluding carboxylic acids is 1. The Morgan fingerprint density at radius 2 is 1.88 bits per heavy atom. The lowest BCUT2D eigenvalue weighted by Gasteiger charge is -2.51. The number of nitrogens with one attached hydrogen (secondary N) is 1. The number of likely N-dealkylation sites (tertiary alicyclic amines) is 1. The fourth-order valence-electron chi connectivity index (χ4n) is 5.83. The maximum Gasteiger partial charge on any atom is 0.416 e. The third kappa shape index (κ3) is 6.01. The van der Waals surface area contributed by atoms with Crippen molar-refractivity contribution in [3.8, 4) is 0 Å². The molecule has 1 saturated heterocycles. The van der Waals surface area contributed by atoms with Crippen LogP contribution in [0.2, 0.25) is 0 Å². The largest absolute Gasteiger partial charge is 0.444 e. The number of pyridine rings is 1. The molecule has 0 bridgehead atoms. The van der Waals surface area contributed by atoms with Gasteiger partial charge < -0.3 is 15.0 Å². The summed E-state index contributed by atoms with van der Waals surface area (Å²) >= 11 is 0. The highest BCUT2D eigenvalue weighted by Gasteiger charge is 2.46. The molecule has 2 aliphatic rings. The molecule has 2 aromatic heterocycles. The van der Waals surface area contributed by atoms with Crippen LogP contribution in [0.4, 0.5) is 23.8 Å². The number of carbonyl (C=O) groups is 1. The molecular weight excluding hydrogens is 531 g/mol.